The van der Waals surface area contributed by atoms with Crippen LogP contribution in [-0.4, -0.2) is 33.3 Å². The van der Waals surface area contributed by atoms with Gasteiger partial charge in [-0.1, -0.05) is 0 Å². The number of carbonyl (C=O) groups excluding carboxylic acids is 2. The molecule has 0 spiro atoms. The molecule has 0 bridgehead atoms. The second-order valence-corrected chi connectivity index (χ2v) is 3.43. The molecule has 1 rings (SSSR count). The molecule has 0 aromatic heterocycles. The molecule has 0 radical (unpaired) electrons. The van der Waals surface area contributed by atoms with E-state index in [0.29, 0.717) is 11.4 Å². The van der Waals surface area contributed by atoms with Crippen molar-refractivity contribution in [3.05, 3.63) is 36.0 Å². The molecule has 0 aliphatic heterocycles. The van der Waals surface area contributed by atoms with Crippen molar-refractivity contribution in [1.82, 2.24) is 0 Å². The van der Waals surface area contributed by atoms with E-state index in [4.69, 9.17) is 4.74 Å². The Morgan fingerprint density at radius 3 is 2.16 bits per heavy atom. The Labute approximate surface area is 111 Å². The highest BCUT2D eigenvalue weighted by atomic mass is 16.5. The van der Waals surface area contributed by atoms with Crippen LogP contribution in [0.1, 0.15) is 0 Å². The topological polar surface area (TPSA) is 73.9 Å². The van der Waals surface area contributed by atoms with Gasteiger partial charge < -0.3 is 19.5 Å². The van der Waals surface area contributed by atoms with Gasteiger partial charge in [0.25, 0.3) is 0 Å². The van der Waals surface area contributed by atoms with Crippen LogP contribution < -0.4 is 10.1 Å². The summed E-state index contributed by atoms with van der Waals surface area (Å²) in [6.45, 7) is 0. The predicted octanol–water partition coefficient (Wildman–Crippen LogP) is 1.34. The maximum Gasteiger partial charge on any atom is 0.354 e. The first-order valence-corrected chi connectivity index (χ1v) is 5.39. The molecule has 6 nitrogen and oxygen atoms in total. The van der Waals surface area contributed by atoms with Crippen molar-refractivity contribution < 1.29 is 23.8 Å². The largest absolute Gasteiger partial charge is 0.497 e. The summed E-state index contributed by atoms with van der Waals surface area (Å²) in [5.74, 6) is -0.634. The number of esters is 2. The van der Waals surface area contributed by atoms with Crippen LogP contribution >= 0.6 is 0 Å². The Morgan fingerprint density at radius 1 is 1.05 bits per heavy atom. The lowest BCUT2D eigenvalue weighted by Crippen LogP contribution is -2.15. The van der Waals surface area contributed by atoms with E-state index in [-0.39, 0.29) is 5.70 Å². The third-order valence-corrected chi connectivity index (χ3v) is 2.24. The first-order chi connectivity index (χ1) is 9.10. The van der Waals surface area contributed by atoms with Crippen LogP contribution in [0.3, 0.4) is 0 Å². The Hall–Kier alpha value is -2.50. The summed E-state index contributed by atoms with van der Waals surface area (Å²) in [7, 11) is 4.00. The molecule has 1 N–H and O–H groups in total. The van der Waals surface area contributed by atoms with Gasteiger partial charge in [0, 0.05) is 5.69 Å². The lowest BCUT2D eigenvalue weighted by Gasteiger charge is -2.09. The van der Waals surface area contributed by atoms with Gasteiger partial charge in [0.1, 0.15) is 11.4 Å². The molecule has 0 heterocycles. The van der Waals surface area contributed by atoms with E-state index < -0.39 is 11.9 Å². The van der Waals surface area contributed by atoms with E-state index in [2.05, 4.69) is 14.8 Å². The van der Waals surface area contributed by atoms with Crippen LogP contribution in [0.2, 0.25) is 0 Å². The summed E-state index contributed by atoms with van der Waals surface area (Å²) in [5.41, 5.74) is 0.598. The molecule has 6 heteroatoms. The Kier molecular flexibility index (Phi) is 5.40. The van der Waals surface area contributed by atoms with Crippen LogP contribution in [0.15, 0.2) is 36.0 Å². The van der Waals surface area contributed by atoms with Crippen LogP contribution in [0.25, 0.3) is 0 Å². The van der Waals surface area contributed by atoms with Crippen molar-refractivity contribution in [1.29, 1.82) is 0 Å². The summed E-state index contributed by atoms with van der Waals surface area (Å²) in [4.78, 5) is 22.7. The van der Waals surface area contributed by atoms with E-state index in [0.717, 1.165) is 6.08 Å². The zero-order valence-electron chi connectivity index (χ0n) is 10.9. The fourth-order valence-corrected chi connectivity index (χ4v) is 1.26. The molecule has 0 fully saturated rings. The maximum absolute atomic E-state index is 11.5. The van der Waals surface area contributed by atoms with Crippen molar-refractivity contribution in [3.63, 3.8) is 0 Å². The summed E-state index contributed by atoms with van der Waals surface area (Å²) in [5, 5.41) is 2.78. The minimum Gasteiger partial charge on any atom is -0.497 e. The molecular formula is C13H15NO5. The minimum absolute atomic E-state index is 0.0143. The molecule has 1 aromatic carbocycles. The van der Waals surface area contributed by atoms with E-state index >= 15 is 0 Å². The molecule has 0 aliphatic carbocycles. The van der Waals surface area contributed by atoms with Crippen molar-refractivity contribution in [2.45, 2.75) is 0 Å². The number of ether oxygens (including phenoxy) is 3. The quantitative estimate of drug-likeness (QED) is 0.639. The fourth-order valence-electron chi connectivity index (χ4n) is 1.26. The fraction of sp³-hybridized carbons (Fsp3) is 0.231. The van der Waals surface area contributed by atoms with Gasteiger partial charge in [0.2, 0.25) is 0 Å². The number of nitrogens with one attached hydrogen (secondary N) is 1. The van der Waals surface area contributed by atoms with Gasteiger partial charge in [-0.3, -0.25) is 0 Å². The number of benzene rings is 1. The third kappa shape index (κ3) is 4.34. The van der Waals surface area contributed by atoms with Crippen molar-refractivity contribution >= 4 is 17.6 Å². The van der Waals surface area contributed by atoms with E-state index in [1.807, 2.05) is 0 Å². The summed E-state index contributed by atoms with van der Waals surface area (Å²) >= 11 is 0. The second-order valence-electron chi connectivity index (χ2n) is 3.43. The van der Waals surface area contributed by atoms with Crippen LogP contribution in [-0.2, 0) is 19.1 Å². The predicted molar refractivity (Wildman–Crippen MR) is 68.7 cm³/mol. The van der Waals surface area contributed by atoms with E-state index in [9.17, 15) is 9.59 Å². The average molecular weight is 265 g/mol. The molecule has 0 aliphatic rings. The lowest BCUT2D eigenvalue weighted by atomic mass is 10.3. The molecular weight excluding hydrogens is 250 g/mol. The van der Waals surface area contributed by atoms with Gasteiger partial charge in [0.15, 0.2) is 0 Å². The SMILES string of the molecule is COC(=O)C=C(Nc1ccc(OC)cc1)C(=O)OC. The molecule has 19 heavy (non-hydrogen) atoms. The average Bonchev–Trinajstić information content (AvgIpc) is 2.46. The van der Waals surface area contributed by atoms with E-state index in [1.54, 1.807) is 31.4 Å². The number of carbonyl (C=O) groups is 2. The summed E-state index contributed by atoms with van der Waals surface area (Å²) in [6, 6.07) is 6.84. The zero-order valence-corrected chi connectivity index (χ0v) is 10.9. The zero-order chi connectivity index (χ0) is 14.3. The first kappa shape index (κ1) is 14.6. The maximum atomic E-state index is 11.5. The Morgan fingerprint density at radius 2 is 1.68 bits per heavy atom. The molecule has 102 valence electrons. The number of methoxy groups -OCH3 is 3. The Bertz CT molecular complexity index is 478. The van der Waals surface area contributed by atoms with Crippen LogP contribution in [0, 0.1) is 0 Å². The summed E-state index contributed by atoms with van der Waals surface area (Å²) in [6.07, 6.45) is 1.02. The van der Waals surface area contributed by atoms with E-state index in [1.165, 1.54) is 14.2 Å². The van der Waals surface area contributed by atoms with Crippen molar-refractivity contribution in [2.75, 3.05) is 26.6 Å². The summed E-state index contributed by atoms with van der Waals surface area (Å²) < 4.78 is 14.1. The van der Waals surface area contributed by atoms with Gasteiger partial charge >= 0.3 is 11.9 Å². The number of hydrogen-bond donors (Lipinski definition) is 1. The highest BCUT2D eigenvalue weighted by molar-refractivity contribution is 5.98. The van der Waals surface area contributed by atoms with Gasteiger partial charge in [-0.05, 0) is 24.3 Å². The first-order valence-electron chi connectivity index (χ1n) is 5.39. The molecule has 0 unspecified atom stereocenters. The molecule has 0 saturated carbocycles. The number of anilines is 1. The normalized spacial score (nSPS) is 10.6. The molecule has 1 aromatic rings. The minimum atomic E-state index is -0.666. The number of hydrogen-bond acceptors (Lipinski definition) is 6. The Balaban J connectivity index is 2.90. The van der Waals surface area contributed by atoms with Crippen molar-refractivity contribution in [2.24, 2.45) is 0 Å². The monoisotopic (exact) mass is 265 g/mol. The highest BCUT2D eigenvalue weighted by Gasteiger charge is 2.12. The van der Waals surface area contributed by atoms with Crippen molar-refractivity contribution in [3.8, 4) is 5.75 Å². The molecule has 0 amide bonds. The van der Waals surface area contributed by atoms with Gasteiger partial charge in [0.05, 0.1) is 27.4 Å². The highest BCUT2D eigenvalue weighted by Crippen LogP contribution is 2.17. The standard InChI is InChI=1S/C13H15NO5/c1-17-10-6-4-9(5-7-10)14-11(13(16)19-3)8-12(15)18-2/h4-8,14H,1-3H3. The molecule has 0 atom stereocenters. The van der Waals surface area contributed by atoms with Crippen LogP contribution in [0.4, 0.5) is 5.69 Å². The third-order valence-electron chi connectivity index (χ3n) is 2.24. The number of rotatable bonds is 5. The van der Waals surface area contributed by atoms with Gasteiger partial charge in [-0.15, -0.1) is 0 Å². The second kappa shape index (κ2) is 7.05. The van der Waals surface area contributed by atoms with Gasteiger partial charge in [-0.25, -0.2) is 9.59 Å². The smallest absolute Gasteiger partial charge is 0.354 e. The molecule has 0 saturated heterocycles. The van der Waals surface area contributed by atoms with Crippen LogP contribution in [0.5, 0.6) is 5.75 Å². The lowest BCUT2D eigenvalue weighted by molar-refractivity contribution is -0.138. The van der Waals surface area contributed by atoms with Gasteiger partial charge in [-0.2, -0.15) is 0 Å².